The van der Waals surface area contributed by atoms with Gasteiger partial charge in [0, 0.05) is 18.4 Å². The van der Waals surface area contributed by atoms with E-state index < -0.39 is 10.0 Å². The van der Waals surface area contributed by atoms with Gasteiger partial charge < -0.3 is 5.11 Å². The maximum atomic E-state index is 11.4. The third-order valence-electron chi connectivity index (χ3n) is 1.78. The van der Waals surface area contributed by atoms with Crippen molar-refractivity contribution in [2.24, 2.45) is 0 Å². The highest BCUT2D eigenvalue weighted by Crippen LogP contribution is 2.03. The van der Waals surface area contributed by atoms with Gasteiger partial charge in [-0.15, -0.1) is 0 Å². The number of nitrogens with one attached hydrogen (secondary N) is 1. The van der Waals surface area contributed by atoms with Crippen LogP contribution in [0, 0.1) is 0 Å². The molecule has 0 heterocycles. The zero-order chi connectivity index (χ0) is 11.0. The third kappa shape index (κ3) is 6.64. The summed E-state index contributed by atoms with van der Waals surface area (Å²) < 4.78 is 25.4. The molecule has 0 aromatic heterocycles. The van der Waals surface area contributed by atoms with Crippen LogP contribution in [0.5, 0.6) is 0 Å². The zero-order valence-electron chi connectivity index (χ0n) is 8.69. The summed E-state index contributed by atoms with van der Waals surface area (Å²) in [6, 6.07) is 0.00805. The predicted molar refractivity (Wildman–Crippen MR) is 61.1 cm³/mol. The Kier molecular flexibility index (Phi) is 7.62. The lowest BCUT2D eigenvalue weighted by Crippen LogP contribution is -2.37. The molecule has 0 saturated heterocycles. The molecule has 0 amide bonds. The Labute approximate surface area is 90.5 Å². The molecule has 2 N–H and O–H groups in total. The second-order valence-corrected chi connectivity index (χ2v) is 5.86. The van der Waals surface area contributed by atoms with Crippen molar-refractivity contribution < 1.29 is 13.5 Å². The minimum Gasteiger partial charge on any atom is -0.396 e. The van der Waals surface area contributed by atoms with Crippen LogP contribution in [0.15, 0.2) is 0 Å². The molecule has 0 spiro atoms. The Morgan fingerprint density at radius 1 is 1.50 bits per heavy atom. The van der Waals surface area contributed by atoms with Gasteiger partial charge in [-0.25, -0.2) is 13.1 Å². The van der Waals surface area contributed by atoms with Crippen molar-refractivity contribution in [2.45, 2.75) is 25.8 Å². The van der Waals surface area contributed by atoms with E-state index in [1.165, 1.54) is 0 Å². The van der Waals surface area contributed by atoms with E-state index in [1.54, 1.807) is 11.8 Å². The monoisotopic (exact) mass is 241 g/mol. The Balaban J connectivity index is 4.04. The average molecular weight is 241 g/mol. The molecule has 1 atom stereocenters. The molecular weight excluding hydrogens is 222 g/mol. The van der Waals surface area contributed by atoms with Gasteiger partial charge in [-0.2, -0.15) is 11.8 Å². The molecule has 0 aliphatic rings. The molecule has 14 heavy (non-hydrogen) atoms. The fourth-order valence-electron chi connectivity index (χ4n) is 1.00. The molecule has 0 fully saturated rings. The van der Waals surface area contributed by atoms with Crippen LogP contribution in [-0.4, -0.2) is 43.9 Å². The molecule has 0 aliphatic heterocycles. The van der Waals surface area contributed by atoms with Crippen LogP contribution >= 0.6 is 11.8 Å². The molecule has 4 nitrogen and oxygen atoms in total. The smallest absolute Gasteiger partial charge is 0.211 e. The van der Waals surface area contributed by atoms with Gasteiger partial charge in [0.2, 0.25) is 10.0 Å². The summed E-state index contributed by atoms with van der Waals surface area (Å²) in [4.78, 5) is 0. The van der Waals surface area contributed by atoms with Crippen molar-refractivity contribution in [3.63, 3.8) is 0 Å². The summed E-state index contributed by atoms with van der Waals surface area (Å²) in [6.07, 6.45) is 3.04. The second kappa shape index (κ2) is 7.50. The van der Waals surface area contributed by atoms with Crippen LogP contribution in [0.25, 0.3) is 0 Å². The first-order chi connectivity index (χ1) is 6.55. The lowest BCUT2D eigenvalue weighted by atomic mass is 10.3. The summed E-state index contributed by atoms with van der Waals surface area (Å²) >= 11 is 1.62. The maximum Gasteiger partial charge on any atom is 0.211 e. The fraction of sp³-hybridized carbons (Fsp3) is 1.00. The number of sulfonamides is 1. The summed E-state index contributed by atoms with van der Waals surface area (Å²) in [6.45, 7) is 1.87. The summed E-state index contributed by atoms with van der Waals surface area (Å²) in [5, 5.41) is 8.53. The quantitative estimate of drug-likeness (QED) is 0.647. The second-order valence-electron chi connectivity index (χ2n) is 3.07. The molecule has 0 radical (unpaired) electrons. The number of aliphatic hydroxyl groups is 1. The van der Waals surface area contributed by atoms with E-state index in [-0.39, 0.29) is 18.4 Å². The molecule has 0 bridgehead atoms. The van der Waals surface area contributed by atoms with Gasteiger partial charge in [-0.3, -0.25) is 0 Å². The number of rotatable bonds is 8. The molecule has 6 heteroatoms. The van der Waals surface area contributed by atoms with Crippen molar-refractivity contribution in [1.29, 1.82) is 0 Å². The Hall–Kier alpha value is 0.220. The Morgan fingerprint density at radius 3 is 2.57 bits per heavy atom. The van der Waals surface area contributed by atoms with Gasteiger partial charge in [0.25, 0.3) is 0 Å². The first kappa shape index (κ1) is 14.2. The average Bonchev–Trinajstić information content (AvgIpc) is 2.14. The number of thioether (sulfide) groups is 1. The molecule has 0 saturated carbocycles. The molecule has 0 aromatic rings. The van der Waals surface area contributed by atoms with E-state index in [4.69, 9.17) is 5.11 Å². The largest absolute Gasteiger partial charge is 0.396 e. The van der Waals surface area contributed by atoms with Crippen LogP contribution in [-0.2, 0) is 10.0 Å². The highest BCUT2D eigenvalue weighted by molar-refractivity contribution is 7.98. The molecule has 0 aliphatic carbocycles. The van der Waals surface area contributed by atoms with Crippen LogP contribution in [0.1, 0.15) is 19.8 Å². The minimum absolute atomic E-state index is 0.00805. The Morgan fingerprint density at radius 2 is 2.14 bits per heavy atom. The van der Waals surface area contributed by atoms with Gasteiger partial charge in [0.15, 0.2) is 0 Å². The van der Waals surface area contributed by atoms with E-state index in [9.17, 15) is 8.42 Å². The van der Waals surface area contributed by atoms with Gasteiger partial charge in [0.1, 0.15) is 0 Å². The summed E-state index contributed by atoms with van der Waals surface area (Å²) in [5.74, 6) is 0.795. The molecule has 0 rings (SSSR count). The fourth-order valence-corrected chi connectivity index (χ4v) is 3.22. The van der Waals surface area contributed by atoms with E-state index in [2.05, 4.69) is 4.72 Å². The highest BCUT2D eigenvalue weighted by Gasteiger charge is 2.15. The normalized spacial score (nSPS) is 14.2. The standard InChI is InChI=1S/C8H19NO3S2/c1-3-8(7-13-2)9-14(11,12)6-4-5-10/h8-10H,3-7H2,1-2H3. The maximum absolute atomic E-state index is 11.4. The molecular formula is C8H19NO3S2. The van der Waals surface area contributed by atoms with Crippen molar-refractivity contribution in [3.05, 3.63) is 0 Å². The number of aliphatic hydroxyl groups excluding tert-OH is 1. The van der Waals surface area contributed by atoms with Crippen molar-refractivity contribution >= 4 is 21.8 Å². The molecule has 1 unspecified atom stereocenters. The molecule has 0 aromatic carbocycles. The summed E-state index contributed by atoms with van der Waals surface area (Å²) in [5.41, 5.74) is 0. The first-order valence-electron chi connectivity index (χ1n) is 4.65. The van der Waals surface area contributed by atoms with E-state index >= 15 is 0 Å². The first-order valence-corrected chi connectivity index (χ1v) is 7.70. The number of hydrogen-bond donors (Lipinski definition) is 2. The van der Waals surface area contributed by atoms with Crippen LogP contribution < -0.4 is 4.72 Å². The van der Waals surface area contributed by atoms with E-state index in [1.807, 2.05) is 13.2 Å². The Bertz CT molecular complexity index is 229. The summed E-state index contributed by atoms with van der Waals surface area (Å²) in [7, 11) is -3.20. The van der Waals surface area contributed by atoms with E-state index in [0.29, 0.717) is 6.42 Å². The van der Waals surface area contributed by atoms with E-state index in [0.717, 1.165) is 12.2 Å². The number of hydrogen-bond acceptors (Lipinski definition) is 4. The van der Waals surface area contributed by atoms with Gasteiger partial charge in [-0.1, -0.05) is 6.92 Å². The van der Waals surface area contributed by atoms with Gasteiger partial charge in [0.05, 0.1) is 5.75 Å². The van der Waals surface area contributed by atoms with Gasteiger partial charge >= 0.3 is 0 Å². The minimum atomic E-state index is -3.20. The SMILES string of the molecule is CCC(CSC)NS(=O)(=O)CCCO. The van der Waals surface area contributed by atoms with Crippen molar-refractivity contribution in [3.8, 4) is 0 Å². The van der Waals surface area contributed by atoms with Crippen LogP contribution in [0.4, 0.5) is 0 Å². The van der Waals surface area contributed by atoms with Crippen molar-refractivity contribution in [1.82, 2.24) is 4.72 Å². The topological polar surface area (TPSA) is 66.4 Å². The lowest BCUT2D eigenvalue weighted by Gasteiger charge is -2.15. The van der Waals surface area contributed by atoms with Gasteiger partial charge in [-0.05, 0) is 19.1 Å². The predicted octanol–water partition coefficient (Wildman–Crippen LogP) is 0.430. The van der Waals surface area contributed by atoms with Crippen LogP contribution in [0.2, 0.25) is 0 Å². The zero-order valence-corrected chi connectivity index (χ0v) is 10.3. The highest BCUT2D eigenvalue weighted by atomic mass is 32.2. The lowest BCUT2D eigenvalue weighted by molar-refractivity contribution is 0.295. The van der Waals surface area contributed by atoms with Crippen LogP contribution in [0.3, 0.4) is 0 Å². The third-order valence-corrected chi connectivity index (χ3v) is 4.03. The van der Waals surface area contributed by atoms with Crippen molar-refractivity contribution in [2.75, 3.05) is 24.4 Å². The molecule has 86 valence electrons.